The lowest BCUT2D eigenvalue weighted by molar-refractivity contribution is 0.661. The molecule has 0 saturated heterocycles. The lowest BCUT2D eigenvalue weighted by Gasteiger charge is -2.22. The Kier molecular flexibility index (Phi) is 8.20. The quantitative estimate of drug-likeness (QED) is 0.168. The average Bonchev–Trinajstić information content (AvgIpc) is 3.82. The Labute approximate surface area is 360 Å². The lowest BCUT2D eigenvalue weighted by Crippen LogP contribution is -2.14. The van der Waals surface area contributed by atoms with Gasteiger partial charge in [0.2, 0.25) is 0 Å². The molecule has 1 aliphatic rings. The molecule has 0 bridgehead atoms. The van der Waals surface area contributed by atoms with E-state index in [2.05, 4.69) is 190 Å². The van der Waals surface area contributed by atoms with Crippen LogP contribution in [-0.2, 0) is 5.41 Å². The van der Waals surface area contributed by atoms with Gasteiger partial charge in [-0.2, -0.15) is 0 Å². The molecule has 62 heavy (non-hydrogen) atoms. The van der Waals surface area contributed by atoms with Crippen LogP contribution in [0.5, 0.6) is 0 Å². The van der Waals surface area contributed by atoms with Crippen molar-refractivity contribution < 1.29 is 4.42 Å². The maximum atomic E-state index is 6.56. The summed E-state index contributed by atoms with van der Waals surface area (Å²) >= 11 is 0. The molecule has 0 unspecified atom stereocenters. The van der Waals surface area contributed by atoms with Gasteiger partial charge in [0.25, 0.3) is 0 Å². The van der Waals surface area contributed by atoms with Crippen molar-refractivity contribution in [3.63, 3.8) is 0 Å². The minimum absolute atomic E-state index is 0.106. The number of benzene rings is 9. The number of aromatic nitrogens is 2. The number of fused-ring (bicyclic) bond motifs is 7. The molecule has 292 valence electrons. The summed E-state index contributed by atoms with van der Waals surface area (Å²) in [6.07, 6.45) is 0. The Bertz CT molecular complexity index is 3530. The van der Waals surface area contributed by atoms with Gasteiger partial charge in [0.1, 0.15) is 11.2 Å². The van der Waals surface area contributed by atoms with E-state index in [4.69, 9.17) is 14.4 Å². The Morgan fingerprint density at radius 2 is 1.00 bits per heavy atom. The maximum absolute atomic E-state index is 6.56. The number of furan rings is 1. The molecule has 0 saturated carbocycles. The van der Waals surface area contributed by atoms with Gasteiger partial charge in [-0.1, -0.05) is 184 Å². The molecular weight excluding hydrogens is 753 g/mol. The van der Waals surface area contributed by atoms with Crippen LogP contribution < -0.4 is 0 Å². The van der Waals surface area contributed by atoms with Crippen molar-refractivity contribution in [1.29, 1.82) is 0 Å². The molecule has 0 radical (unpaired) electrons. The van der Waals surface area contributed by atoms with Gasteiger partial charge in [0.05, 0.1) is 11.4 Å². The fourth-order valence-electron chi connectivity index (χ4n) is 9.79. The molecule has 0 atom stereocenters. The Morgan fingerprint density at radius 3 is 1.79 bits per heavy atom. The van der Waals surface area contributed by atoms with Crippen LogP contribution in [0.15, 0.2) is 211 Å². The summed E-state index contributed by atoms with van der Waals surface area (Å²) in [5, 5.41) is 4.72. The van der Waals surface area contributed by atoms with Gasteiger partial charge in [-0.25, -0.2) is 9.97 Å². The fraction of sp³-hybridized carbons (Fsp3) is 0.0508. The van der Waals surface area contributed by atoms with Crippen molar-refractivity contribution >= 4 is 32.7 Å². The average molecular weight is 793 g/mol. The molecule has 12 rings (SSSR count). The molecule has 0 amide bonds. The zero-order valence-electron chi connectivity index (χ0n) is 34.4. The van der Waals surface area contributed by atoms with E-state index in [1.54, 1.807) is 0 Å². The highest BCUT2D eigenvalue weighted by Crippen LogP contribution is 2.53. The van der Waals surface area contributed by atoms with Crippen molar-refractivity contribution in [2.75, 3.05) is 0 Å². The second kappa shape index (κ2) is 14.1. The second-order valence-electron chi connectivity index (χ2n) is 16.9. The summed E-state index contributed by atoms with van der Waals surface area (Å²) in [4.78, 5) is 10.6. The molecule has 0 fully saturated rings. The van der Waals surface area contributed by atoms with Gasteiger partial charge in [-0.05, 0) is 103 Å². The summed E-state index contributed by atoms with van der Waals surface area (Å²) in [6, 6.07) is 73.6. The van der Waals surface area contributed by atoms with E-state index >= 15 is 0 Å². The third-order valence-electron chi connectivity index (χ3n) is 12.9. The first kappa shape index (κ1) is 36.0. The molecule has 0 aliphatic heterocycles. The summed E-state index contributed by atoms with van der Waals surface area (Å²) < 4.78 is 6.56. The summed E-state index contributed by atoms with van der Waals surface area (Å²) in [6.45, 7) is 4.71. The van der Waals surface area contributed by atoms with Crippen LogP contribution in [0.1, 0.15) is 25.0 Å². The van der Waals surface area contributed by atoms with Crippen molar-refractivity contribution in [2.24, 2.45) is 0 Å². The Hall–Kier alpha value is -7.88. The molecule has 2 aromatic heterocycles. The van der Waals surface area contributed by atoms with Crippen molar-refractivity contribution in [1.82, 2.24) is 9.97 Å². The second-order valence-corrected chi connectivity index (χ2v) is 16.9. The van der Waals surface area contributed by atoms with Gasteiger partial charge in [0.15, 0.2) is 5.82 Å². The van der Waals surface area contributed by atoms with E-state index in [0.717, 1.165) is 72.3 Å². The van der Waals surface area contributed by atoms with Crippen LogP contribution in [-0.4, -0.2) is 9.97 Å². The normalized spacial score (nSPS) is 12.8. The summed E-state index contributed by atoms with van der Waals surface area (Å²) in [5.41, 5.74) is 18.6. The number of nitrogens with zero attached hydrogens (tertiary/aromatic N) is 2. The van der Waals surface area contributed by atoms with Crippen molar-refractivity contribution in [2.45, 2.75) is 19.3 Å². The highest BCUT2D eigenvalue weighted by Gasteiger charge is 2.37. The molecule has 3 heteroatoms. The summed E-state index contributed by atoms with van der Waals surface area (Å²) in [5.74, 6) is 0.681. The predicted molar refractivity (Wildman–Crippen MR) is 257 cm³/mol. The minimum Gasteiger partial charge on any atom is -0.456 e. The third kappa shape index (κ3) is 5.81. The first-order valence-corrected chi connectivity index (χ1v) is 21.3. The Balaban J connectivity index is 1.01. The smallest absolute Gasteiger partial charge is 0.160 e. The molecule has 3 nitrogen and oxygen atoms in total. The van der Waals surface area contributed by atoms with Gasteiger partial charge in [-0.3, -0.25) is 0 Å². The first-order chi connectivity index (χ1) is 30.5. The van der Waals surface area contributed by atoms with Gasteiger partial charge in [0, 0.05) is 32.9 Å². The van der Waals surface area contributed by atoms with E-state index in [1.807, 2.05) is 30.3 Å². The number of para-hydroxylation sites is 1. The van der Waals surface area contributed by atoms with Crippen LogP contribution >= 0.6 is 0 Å². The number of hydrogen-bond donors (Lipinski definition) is 0. The molecule has 2 heterocycles. The number of hydrogen-bond acceptors (Lipinski definition) is 3. The van der Waals surface area contributed by atoms with E-state index in [-0.39, 0.29) is 5.41 Å². The SMILES string of the molecule is CC1(C)c2cc3ccccc3cc2-c2c(-c3ccc(-c4cc(-c5ccccc5-c5cc(-c6ccccc6)cc6oc7ccccc7c56)nc(-c5ccccc5)n4)cc3)cccc21. The molecule has 0 spiro atoms. The van der Waals surface area contributed by atoms with Gasteiger partial charge in [-0.15, -0.1) is 0 Å². The van der Waals surface area contributed by atoms with Crippen LogP contribution in [0.3, 0.4) is 0 Å². The predicted octanol–water partition coefficient (Wildman–Crippen LogP) is 15.8. The van der Waals surface area contributed by atoms with Crippen molar-refractivity contribution in [3.8, 4) is 78.4 Å². The lowest BCUT2D eigenvalue weighted by atomic mass is 9.81. The maximum Gasteiger partial charge on any atom is 0.160 e. The van der Waals surface area contributed by atoms with Crippen LogP contribution in [0.4, 0.5) is 0 Å². The first-order valence-electron chi connectivity index (χ1n) is 21.3. The largest absolute Gasteiger partial charge is 0.456 e. The van der Waals surface area contributed by atoms with Gasteiger partial charge < -0.3 is 4.42 Å². The van der Waals surface area contributed by atoms with Crippen molar-refractivity contribution in [3.05, 3.63) is 217 Å². The molecule has 9 aromatic carbocycles. The molecule has 0 N–H and O–H groups in total. The van der Waals surface area contributed by atoms with E-state index in [0.29, 0.717) is 5.82 Å². The molecule has 1 aliphatic carbocycles. The van der Waals surface area contributed by atoms with E-state index < -0.39 is 0 Å². The van der Waals surface area contributed by atoms with Crippen LogP contribution in [0, 0.1) is 0 Å². The fourth-order valence-corrected chi connectivity index (χ4v) is 9.79. The monoisotopic (exact) mass is 792 g/mol. The third-order valence-corrected chi connectivity index (χ3v) is 12.9. The summed E-state index contributed by atoms with van der Waals surface area (Å²) in [7, 11) is 0. The van der Waals surface area contributed by atoms with Crippen LogP contribution in [0.2, 0.25) is 0 Å². The standard InChI is InChI=1S/C59H40N2O/c1-59(2)50-26-15-25-44(56(50)49-32-41-20-9-10-21-42(41)34-51(49)59)38-28-30-39(31-29-38)52-36-53(61-58(60-52)40-18-7-4-8-19-40)46-23-12-11-22-45(46)48-33-43(37-16-5-3-6-17-37)35-55-57(48)47-24-13-14-27-54(47)62-55/h3-36H,1-2H3. The topological polar surface area (TPSA) is 38.9 Å². The van der Waals surface area contributed by atoms with Gasteiger partial charge >= 0.3 is 0 Å². The highest BCUT2D eigenvalue weighted by atomic mass is 16.3. The zero-order valence-corrected chi connectivity index (χ0v) is 34.4. The minimum atomic E-state index is -0.106. The molecular formula is C59H40N2O. The number of rotatable bonds is 6. The highest BCUT2D eigenvalue weighted by molar-refractivity contribution is 6.15. The van der Waals surface area contributed by atoms with E-state index in [9.17, 15) is 0 Å². The zero-order chi connectivity index (χ0) is 41.4. The Morgan fingerprint density at radius 1 is 0.371 bits per heavy atom. The molecule has 11 aromatic rings. The van der Waals surface area contributed by atoms with E-state index in [1.165, 1.54) is 44.2 Å². The van der Waals surface area contributed by atoms with Crippen LogP contribution in [0.25, 0.3) is 111 Å².